The molecule has 1 aliphatic carbocycles. The van der Waals surface area contributed by atoms with Gasteiger partial charge in [0, 0.05) is 0 Å². The molecule has 0 radical (unpaired) electrons. The van der Waals surface area contributed by atoms with Gasteiger partial charge in [0.25, 0.3) is 0 Å². The van der Waals surface area contributed by atoms with Gasteiger partial charge in [-0.25, -0.2) is 0 Å². The van der Waals surface area contributed by atoms with Crippen LogP contribution < -0.4 is 0 Å². The van der Waals surface area contributed by atoms with Crippen molar-refractivity contribution in [1.82, 2.24) is 0 Å². The van der Waals surface area contributed by atoms with Crippen LogP contribution in [0.5, 0.6) is 0 Å². The highest BCUT2D eigenvalue weighted by atomic mass is 14.4. The second-order valence-corrected chi connectivity index (χ2v) is 5.72. The summed E-state index contributed by atoms with van der Waals surface area (Å²) in [4.78, 5) is 0. The minimum atomic E-state index is 0.484. The summed E-state index contributed by atoms with van der Waals surface area (Å²) < 4.78 is 0. The van der Waals surface area contributed by atoms with Crippen LogP contribution in [0.3, 0.4) is 0 Å². The van der Waals surface area contributed by atoms with Crippen molar-refractivity contribution in [3.05, 3.63) is 24.3 Å². The highest BCUT2D eigenvalue weighted by molar-refractivity contribution is 5.10. The summed E-state index contributed by atoms with van der Waals surface area (Å²) in [5.74, 6) is 1.42. The molecule has 1 rings (SSSR count). The van der Waals surface area contributed by atoms with E-state index in [1.165, 1.54) is 36.8 Å². The average molecular weight is 206 g/mol. The van der Waals surface area contributed by atoms with Crippen LogP contribution in [-0.2, 0) is 0 Å². The van der Waals surface area contributed by atoms with E-state index in [0.717, 1.165) is 5.92 Å². The highest BCUT2D eigenvalue weighted by Crippen LogP contribution is 2.49. The molecule has 0 aliphatic heterocycles. The van der Waals surface area contributed by atoms with Crippen LogP contribution in [0.1, 0.15) is 53.4 Å². The van der Waals surface area contributed by atoms with Crippen molar-refractivity contribution in [2.24, 2.45) is 17.3 Å². The van der Waals surface area contributed by atoms with Gasteiger partial charge in [0.05, 0.1) is 0 Å². The maximum Gasteiger partial charge on any atom is -0.0149 e. The molecule has 15 heavy (non-hydrogen) atoms. The Kier molecular flexibility index (Phi) is 3.81. The molecule has 0 bridgehead atoms. The van der Waals surface area contributed by atoms with Crippen LogP contribution in [-0.4, -0.2) is 0 Å². The molecule has 3 atom stereocenters. The first-order valence-electron chi connectivity index (χ1n) is 6.21. The molecule has 0 nitrogen and oxygen atoms in total. The lowest BCUT2D eigenvalue weighted by Crippen LogP contribution is -2.34. The zero-order valence-electron chi connectivity index (χ0n) is 10.9. The Labute approximate surface area is 95.5 Å². The van der Waals surface area contributed by atoms with Crippen molar-refractivity contribution < 1.29 is 0 Å². The Morgan fingerprint density at radius 1 is 1.27 bits per heavy atom. The van der Waals surface area contributed by atoms with E-state index in [-0.39, 0.29) is 0 Å². The number of allylic oxidation sites excluding steroid dienone is 2. The second-order valence-electron chi connectivity index (χ2n) is 5.72. The summed E-state index contributed by atoms with van der Waals surface area (Å²) in [7, 11) is 0. The summed E-state index contributed by atoms with van der Waals surface area (Å²) in [6.07, 6.45) is 5.20. The van der Waals surface area contributed by atoms with Crippen LogP contribution >= 0.6 is 0 Å². The first-order valence-corrected chi connectivity index (χ1v) is 6.21. The average Bonchev–Trinajstić information content (AvgIpc) is 2.17. The molecule has 0 aromatic heterocycles. The van der Waals surface area contributed by atoms with E-state index >= 15 is 0 Å². The molecular weight excluding hydrogens is 180 g/mol. The SMILES string of the molecule is C=C(C)[C@H]1CC[C@](C)(CC)[C@@H](C(=C)C)C1. The third kappa shape index (κ3) is 2.53. The summed E-state index contributed by atoms with van der Waals surface area (Å²) in [5.41, 5.74) is 3.21. The van der Waals surface area contributed by atoms with Crippen molar-refractivity contribution in [2.75, 3.05) is 0 Å². The van der Waals surface area contributed by atoms with Crippen molar-refractivity contribution in [3.63, 3.8) is 0 Å². The van der Waals surface area contributed by atoms with Crippen LogP contribution in [0.25, 0.3) is 0 Å². The van der Waals surface area contributed by atoms with Crippen molar-refractivity contribution in [2.45, 2.75) is 53.4 Å². The van der Waals surface area contributed by atoms with Gasteiger partial charge in [-0.05, 0) is 50.4 Å². The molecule has 0 unspecified atom stereocenters. The monoisotopic (exact) mass is 206 g/mol. The molecule has 0 aromatic rings. The van der Waals surface area contributed by atoms with Gasteiger partial charge in [-0.3, -0.25) is 0 Å². The van der Waals surface area contributed by atoms with Gasteiger partial charge in [0.1, 0.15) is 0 Å². The van der Waals surface area contributed by atoms with Gasteiger partial charge in [0.2, 0.25) is 0 Å². The molecule has 0 aromatic carbocycles. The van der Waals surface area contributed by atoms with E-state index in [1.54, 1.807) is 0 Å². The second kappa shape index (κ2) is 4.55. The number of hydrogen-bond donors (Lipinski definition) is 0. The highest BCUT2D eigenvalue weighted by Gasteiger charge is 2.38. The summed E-state index contributed by atoms with van der Waals surface area (Å²) in [6, 6.07) is 0. The normalized spacial score (nSPS) is 36.3. The lowest BCUT2D eigenvalue weighted by molar-refractivity contribution is 0.112. The Morgan fingerprint density at radius 2 is 1.87 bits per heavy atom. The Morgan fingerprint density at radius 3 is 2.27 bits per heavy atom. The molecule has 0 saturated heterocycles. The Balaban J connectivity index is 2.83. The summed E-state index contributed by atoms with van der Waals surface area (Å²) in [6.45, 7) is 17.4. The summed E-state index contributed by atoms with van der Waals surface area (Å²) in [5, 5.41) is 0. The van der Waals surface area contributed by atoms with Crippen molar-refractivity contribution in [3.8, 4) is 0 Å². The molecule has 1 aliphatic rings. The maximum absolute atomic E-state index is 4.19. The fourth-order valence-corrected chi connectivity index (χ4v) is 3.03. The van der Waals surface area contributed by atoms with E-state index in [1.807, 2.05) is 0 Å². The quantitative estimate of drug-likeness (QED) is 0.572. The minimum Gasteiger partial charge on any atom is -0.0999 e. The molecule has 1 saturated carbocycles. The fourth-order valence-electron chi connectivity index (χ4n) is 3.03. The lowest BCUT2D eigenvalue weighted by Gasteiger charge is -2.45. The first kappa shape index (κ1) is 12.5. The third-order valence-corrected chi connectivity index (χ3v) is 4.52. The van der Waals surface area contributed by atoms with E-state index < -0.39 is 0 Å². The van der Waals surface area contributed by atoms with Gasteiger partial charge in [-0.1, -0.05) is 44.6 Å². The largest absolute Gasteiger partial charge is 0.0999 e. The minimum absolute atomic E-state index is 0.484. The molecule has 0 heteroatoms. The molecule has 0 N–H and O–H groups in total. The van der Waals surface area contributed by atoms with Gasteiger partial charge in [-0.15, -0.1) is 0 Å². The van der Waals surface area contributed by atoms with Crippen LogP contribution in [0.15, 0.2) is 24.3 Å². The first-order chi connectivity index (χ1) is 6.90. The zero-order valence-corrected chi connectivity index (χ0v) is 10.9. The smallest absolute Gasteiger partial charge is 0.0149 e. The van der Waals surface area contributed by atoms with Gasteiger partial charge in [-0.2, -0.15) is 0 Å². The van der Waals surface area contributed by atoms with Gasteiger partial charge >= 0.3 is 0 Å². The van der Waals surface area contributed by atoms with Crippen LogP contribution in [0.2, 0.25) is 0 Å². The fraction of sp³-hybridized carbons (Fsp3) is 0.733. The molecule has 86 valence electrons. The van der Waals surface area contributed by atoms with E-state index in [9.17, 15) is 0 Å². The van der Waals surface area contributed by atoms with Crippen molar-refractivity contribution >= 4 is 0 Å². The van der Waals surface area contributed by atoms with Gasteiger partial charge in [0.15, 0.2) is 0 Å². The Bertz CT molecular complexity index is 261. The topological polar surface area (TPSA) is 0 Å². The predicted molar refractivity (Wildman–Crippen MR) is 68.9 cm³/mol. The van der Waals surface area contributed by atoms with E-state index in [4.69, 9.17) is 0 Å². The lowest BCUT2D eigenvalue weighted by atomic mass is 9.60. The van der Waals surface area contributed by atoms with E-state index in [0.29, 0.717) is 11.3 Å². The molecular formula is C15H26. The zero-order chi connectivity index (χ0) is 11.6. The van der Waals surface area contributed by atoms with Gasteiger partial charge < -0.3 is 0 Å². The molecule has 0 amide bonds. The number of rotatable bonds is 3. The molecule has 1 fully saturated rings. The maximum atomic E-state index is 4.19. The standard InChI is InChI=1S/C15H26/c1-7-15(6)9-8-13(11(2)3)10-14(15)12(4)5/h13-14H,2,4,7-10H2,1,3,5-6H3/t13-,14+,15-/m0/s1. The molecule has 0 spiro atoms. The number of hydrogen-bond acceptors (Lipinski definition) is 0. The third-order valence-electron chi connectivity index (χ3n) is 4.52. The van der Waals surface area contributed by atoms with Crippen molar-refractivity contribution in [1.29, 1.82) is 0 Å². The summed E-state index contributed by atoms with van der Waals surface area (Å²) >= 11 is 0. The molecule has 0 heterocycles. The van der Waals surface area contributed by atoms with Crippen LogP contribution in [0, 0.1) is 17.3 Å². The van der Waals surface area contributed by atoms with Crippen LogP contribution in [0.4, 0.5) is 0 Å². The predicted octanol–water partition coefficient (Wildman–Crippen LogP) is 4.97. The van der Waals surface area contributed by atoms with E-state index in [2.05, 4.69) is 40.9 Å². The Hall–Kier alpha value is -0.520.